The average Bonchev–Trinajstić information content (AvgIpc) is 3.24. The van der Waals surface area contributed by atoms with Crippen LogP contribution in [-0.2, 0) is 0 Å². The Labute approximate surface area is 156 Å². The molecule has 4 aromatic rings. The maximum Gasteiger partial charge on any atom is 0.225 e. The summed E-state index contributed by atoms with van der Waals surface area (Å²) in [5.74, 6) is 1.74. The first-order valence-electron chi connectivity index (χ1n) is 8.90. The first-order valence-corrected chi connectivity index (χ1v) is 8.90. The molecule has 1 fully saturated rings. The predicted octanol–water partition coefficient (Wildman–Crippen LogP) is 1.91. The molecule has 1 aliphatic rings. The molecular formula is C19H18N8. The van der Waals surface area contributed by atoms with Crippen molar-refractivity contribution in [1.29, 1.82) is 0 Å². The molecule has 4 aromatic heterocycles. The van der Waals surface area contributed by atoms with E-state index in [4.69, 9.17) is 4.98 Å². The van der Waals surface area contributed by atoms with Crippen molar-refractivity contribution in [1.82, 2.24) is 29.5 Å². The Morgan fingerprint density at radius 3 is 2.41 bits per heavy atom. The van der Waals surface area contributed by atoms with Gasteiger partial charge in [-0.2, -0.15) is 5.10 Å². The summed E-state index contributed by atoms with van der Waals surface area (Å²) in [7, 11) is 0. The number of aromatic nitrogens is 6. The molecule has 1 saturated heterocycles. The monoisotopic (exact) mass is 358 g/mol. The summed E-state index contributed by atoms with van der Waals surface area (Å²) in [5, 5.41) is 4.29. The first kappa shape index (κ1) is 15.7. The molecule has 0 aromatic carbocycles. The minimum atomic E-state index is 0.763. The molecule has 134 valence electrons. The number of hydrogen-bond acceptors (Lipinski definition) is 7. The molecule has 0 spiro atoms. The number of piperazine rings is 1. The maximum atomic E-state index is 4.74. The van der Waals surface area contributed by atoms with Crippen molar-refractivity contribution in [2.75, 3.05) is 36.0 Å². The lowest BCUT2D eigenvalue weighted by atomic mass is 10.2. The third-order valence-corrected chi connectivity index (χ3v) is 4.79. The summed E-state index contributed by atoms with van der Waals surface area (Å²) >= 11 is 0. The number of hydrogen-bond donors (Lipinski definition) is 0. The molecule has 0 saturated carbocycles. The summed E-state index contributed by atoms with van der Waals surface area (Å²) in [6.45, 7) is 3.41. The molecule has 0 aliphatic carbocycles. The average molecular weight is 358 g/mol. The summed E-state index contributed by atoms with van der Waals surface area (Å²) in [6.07, 6.45) is 10.8. The van der Waals surface area contributed by atoms with Crippen LogP contribution in [0, 0.1) is 0 Å². The van der Waals surface area contributed by atoms with Gasteiger partial charge in [0, 0.05) is 62.7 Å². The van der Waals surface area contributed by atoms with Gasteiger partial charge in [-0.1, -0.05) is 0 Å². The third kappa shape index (κ3) is 2.95. The van der Waals surface area contributed by atoms with Gasteiger partial charge in [-0.15, -0.1) is 0 Å². The van der Waals surface area contributed by atoms with Gasteiger partial charge in [-0.05, 0) is 24.3 Å². The Morgan fingerprint density at radius 2 is 1.56 bits per heavy atom. The van der Waals surface area contributed by atoms with E-state index in [1.54, 1.807) is 24.8 Å². The van der Waals surface area contributed by atoms with Crippen molar-refractivity contribution >= 4 is 17.3 Å². The fourth-order valence-corrected chi connectivity index (χ4v) is 3.39. The summed E-state index contributed by atoms with van der Waals surface area (Å²) in [5.41, 5.74) is 2.99. The highest BCUT2D eigenvalue weighted by Crippen LogP contribution is 2.22. The van der Waals surface area contributed by atoms with Gasteiger partial charge in [0.05, 0.1) is 11.9 Å². The van der Waals surface area contributed by atoms with Crippen molar-refractivity contribution < 1.29 is 0 Å². The van der Waals surface area contributed by atoms with Gasteiger partial charge in [0.2, 0.25) is 5.95 Å². The van der Waals surface area contributed by atoms with Crippen LogP contribution in [0.25, 0.3) is 16.8 Å². The molecule has 0 amide bonds. The van der Waals surface area contributed by atoms with Gasteiger partial charge in [-0.3, -0.25) is 4.98 Å². The number of anilines is 2. The largest absolute Gasteiger partial charge is 0.351 e. The Balaban J connectivity index is 1.34. The van der Waals surface area contributed by atoms with Gasteiger partial charge in [0.15, 0.2) is 5.82 Å². The van der Waals surface area contributed by atoms with E-state index in [0.717, 1.165) is 54.7 Å². The minimum Gasteiger partial charge on any atom is -0.351 e. The highest BCUT2D eigenvalue weighted by molar-refractivity contribution is 5.68. The van der Waals surface area contributed by atoms with Crippen LogP contribution in [-0.4, -0.2) is 55.7 Å². The Hall–Kier alpha value is -3.55. The number of fused-ring (bicyclic) bond motifs is 1. The fourth-order valence-electron chi connectivity index (χ4n) is 3.39. The first-order chi connectivity index (χ1) is 13.4. The minimum absolute atomic E-state index is 0.763. The lowest BCUT2D eigenvalue weighted by Crippen LogP contribution is -2.47. The maximum absolute atomic E-state index is 4.74. The van der Waals surface area contributed by atoms with Crippen LogP contribution in [0.1, 0.15) is 0 Å². The second kappa shape index (κ2) is 6.64. The molecular weight excluding hydrogens is 340 g/mol. The molecule has 8 nitrogen and oxygen atoms in total. The van der Waals surface area contributed by atoms with E-state index >= 15 is 0 Å². The van der Waals surface area contributed by atoms with Crippen LogP contribution in [0.15, 0.2) is 61.4 Å². The molecule has 8 heteroatoms. The zero-order valence-electron chi connectivity index (χ0n) is 14.7. The lowest BCUT2D eigenvalue weighted by molar-refractivity contribution is 0.635. The smallest absolute Gasteiger partial charge is 0.225 e. The van der Waals surface area contributed by atoms with Gasteiger partial charge < -0.3 is 9.80 Å². The van der Waals surface area contributed by atoms with Crippen LogP contribution in [0.3, 0.4) is 0 Å². The van der Waals surface area contributed by atoms with Crippen LogP contribution < -0.4 is 9.80 Å². The fraction of sp³-hybridized carbons (Fsp3) is 0.211. The highest BCUT2D eigenvalue weighted by Gasteiger charge is 2.22. The number of nitrogens with zero attached hydrogens (tertiary/aromatic N) is 8. The van der Waals surface area contributed by atoms with Crippen molar-refractivity contribution in [3.8, 4) is 11.3 Å². The van der Waals surface area contributed by atoms with Crippen LogP contribution in [0.2, 0.25) is 0 Å². The number of pyridine rings is 1. The summed E-state index contributed by atoms with van der Waals surface area (Å²) < 4.78 is 1.86. The zero-order chi connectivity index (χ0) is 18.1. The standard InChI is InChI=1S/C19H18N8/c1-5-20-6-2-15(1)16-3-7-22-19(24-16)26-13-11-25(12-14-26)18-17-4-8-23-27(17)10-9-21-18/h1-10H,11-14H2. The van der Waals surface area contributed by atoms with Gasteiger partial charge >= 0.3 is 0 Å². The van der Waals surface area contributed by atoms with Crippen molar-refractivity contribution in [3.05, 3.63) is 61.4 Å². The van der Waals surface area contributed by atoms with E-state index in [1.807, 2.05) is 41.2 Å². The van der Waals surface area contributed by atoms with E-state index in [9.17, 15) is 0 Å². The van der Waals surface area contributed by atoms with Crippen molar-refractivity contribution in [2.24, 2.45) is 0 Å². The van der Waals surface area contributed by atoms with E-state index in [2.05, 4.69) is 29.9 Å². The Bertz CT molecular complexity index is 1050. The van der Waals surface area contributed by atoms with Gasteiger partial charge in [-0.25, -0.2) is 19.5 Å². The molecule has 0 radical (unpaired) electrons. The molecule has 0 N–H and O–H groups in total. The lowest BCUT2D eigenvalue weighted by Gasteiger charge is -2.35. The predicted molar refractivity (Wildman–Crippen MR) is 103 cm³/mol. The van der Waals surface area contributed by atoms with Crippen LogP contribution in [0.5, 0.6) is 0 Å². The van der Waals surface area contributed by atoms with Crippen molar-refractivity contribution in [3.63, 3.8) is 0 Å². The Morgan fingerprint density at radius 1 is 0.741 bits per heavy atom. The molecule has 0 atom stereocenters. The van der Waals surface area contributed by atoms with Gasteiger partial charge in [0.1, 0.15) is 5.52 Å². The molecule has 0 unspecified atom stereocenters. The van der Waals surface area contributed by atoms with Gasteiger partial charge in [0.25, 0.3) is 0 Å². The van der Waals surface area contributed by atoms with E-state index < -0.39 is 0 Å². The zero-order valence-corrected chi connectivity index (χ0v) is 14.7. The van der Waals surface area contributed by atoms with Crippen LogP contribution in [0.4, 0.5) is 11.8 Å². The van der Waals surface area contributed by atoms with E-state index in [0.29, 0.717) is 0 Å². The highest BCUT2D eigenvalue weighted by atomic mass is 15.3. The SMILES string of the molecule is c1cc(-c2ccnc(N3CCN(c4nccn5nccc45)CC3)n2)ccn1. The second-order valence-corrected chi connectivity index (χ2v) is 6.36. The third-order valence-electron chi connectivity index (χ3n) is 4.79. The molecule has 27 heavy (non-hydrogen) atoms. The normalized spacial score (nSPS) is 14.7. The molecule has 0 bridgehead atoms. The summed E-state index contributed by atoms with van der Waals surface area (Å²) in [6, 6.07) is 7.85. The quantitative estimate of drug-likeness (QED) is 0.554. The Kier molecular flexibility index (Phi) is 3.86. The van der Waals surface area contributed by atoms with E-state index in [1.165, 1.54) is 0 Å². The molecule has 5 heterocycles. The second-order valence-electron chi connectivity index (χ2n) is 6.36. The topological polar surface area (TPSA) is 75.3 Å². The van der Waals surface area contributed by atoms with Crippen molar-refractivity contribution in [2.45, 2.75) is 0 Å². The molecule has 1 aliphatic heterocycles. The van der Waals surface area contributed by atoms with E-state index in [-0.39, 0.29) is 0 Å². The summed E-state index contributed by atoms with van der Waals surface area (Å²) in [4.78, 5) is 22.4. The van der Waals surface area contributed by atoms with Crippen LogP contribution >= 0.6 is 0 Å². The molecule has 5 rings (SSSR count). The number of rotatable bonds is 3.